The molecule has 6 rings (SSSR count). The van der Waals surface area contributed by atoms with Crippen molar-refractivity contribution in [3.63, 3.8) is 0 Å². The van der Waals surface area contributed by atoms with E-state index in [1.807, 2.05) is 18.2 Å². The predicted molar refractivity (Wildman–Crippen MR) is 115 cm³/mol. The molecule has 2 aliphatic heterocycles. The van der Waals surface area contributed by atoms with E-state index in [9.17, 15) is 4.79 Å². The summed E-state index contributed by atoms with van der Waals surface area (Å²) < 4.78 is 7.13. The van der Waals surface area contributed by atoms with Gasteiger partial charge in [0.15, 0.2) is 0 Å². The van der Waals surface area contributed by atoms with Crippen molar-refractivity contribution in [3.05, 3.63) is 53.6 Å². The highest BCUT2D eigenvalue weighted by Gasteiger charge is 2.45. The molecule has 29 heavy (non-hydrogen) atoms. The maximum absolute atomic E-state index is 11.3. The number of nitrogens with zero attached hydrogens (tertiary/aromatic N) is 2. The highest BCUT2D eigenvalue weighted by molar-refractivity contribution is 7.20. The fourth-order valence-corrected chi connectivity index (χ4v) is 5.59. The number of aromatic nitrogens is 1. The molecule has 1 saturated carbocycles. The van der Waals surface area contributed by atoms with Gasteiger partial charge in [-0.2, -0.15) is 0 Å². The Morgan fingerprint density at radius 3 is 2.66 bits per heavy atom. The molecule has 3 atom stereocenters. The average Bonchev–Trinajstić information content (AvgIpc) is 3.08. The van der Waals surface area contributed by atoms with Gasteiger partial charge in [0.25, 0.3) is 5.19 Å². The lowest BCUT2D eigenvalue weighted by molar-refractivity contribution is -0.121. The molecule has 3 aromatic rings. The number of fused-ring (bicyclic) bond motifs is 3. The molecule has 6 heteroatoms. The predicted octanol–water partition coefficient (Wildman–Crippen LogP) is 4.64. The molecule has 1 amide bonds. The Balaban J connectivity index is 1.20. The fourth-order valence-electron chi connectivity index (χ4n) is 4.65. The molecule has 1 unspecified atom stereocenters. The van der Waals surface area contributed by atoms with E-state index in [1.54, 1.807) is 18.3 Å². The van der Waals surface area contributed by atoms with E-state index in [-0.39, 0.29) is 5.91 Å². The first-order chi connectivity index (χ1) is 14.0. The minimum Gasteiger partial charge on any atom is -0.431 e. The van der Waals surface area contributed by atoms with Crippen molar-refractivity contribution in [3.8, 4) is 10.9 Å². The first kappa shape index (κ1) is 18.6. The van der Waals surface area contributed by atoms with Crippen LogP contribution in [0, 0.1) is 6.92 Å². The molecule has 0 spiro atoms. The minimum atomic E-state index is 0.0849. The van der Waals surface area contributed by atoms with Gasteiger partial charge in [0.2, 0.25) is 5.91 Å². The Morgan fingerprint density at radius 2 is 1.93 bits per heavy atom. The number of ether oxygens (including phenoxy) is 1. The Bertz CT molecular complexity index is 1030. The number of amides is 1. The molecule has 5 nitrogen and oxygen atoms in total. The van der Waals surface area contributed by atoms with Gasteiger partial charge in [-0.15, -0.1) is 0 Å². The summed E-state index contributed by atoms with van der Waals surface area (Å²) in [6.45, 7) is 4.66. The van der Waals surface area contributed by atoms with Crippen LogP contribution in [0.4, 0.5) is 0 Å². The van der Waals surface area contributed by atoms with E-state index in [1.165, 1.54) is 17.5 Å². The molecule has 1 N–H and O–H groups in total. The van der Waals surface area contributed by atoms with Gasteiger partial charge >= 0.3 is 0 Å². The molecule has 3 heterocycles. The third-order valence-corrected chi connectivity index (χ3v) is 6.92. The molecule has 0 radical (unpaired) electrons. The molecule has 1 aromatic heterocycles. The second kappa shape index (κ2) is 7.43. The number of nitrogens with one attached hydrogen (secondary N) is 1. The van der Waals surface area contributed by atoms with Crippen molar-refractivity contribution >= 4 is 27.5 Å². The van der Waals surface area contributed by atoms with Gasteiger partial charge in [0, 0.05) is 31.6 Å². The number of thiazole rings is 1. The average molecular weight is 408 g/mol. The zero-order valence-corrected chi connectivity index (χ0v) is 17.5. The lowest BCUT2D eigenvalue weighted by atomic mass is 9.76. The standard InChI is InChI=1S/C23H25N3O2S/c1-14-3-8-21-22(9-14)29-23(25-21)28-20-6-4-16(5-7-20)13-26-18-10-17(24-15(2)27)11-19(26)12-18/h3-9,17-19H,10-13H2,1-2H3,(H,24,27)/t17-,18-,19?/m1/s1. The SMILES string of the molecule is CC(=O)N[C@H]1CC2C[C@@H](C1)N2Cc1ccc(Oc2nc3ccc(C)cc3s2)cc1. The lowest BCUT2D eigenvalue weighted by Crippen LogP contribution is -2.63. The van der Waals surface area contributed by atoms with Crippen LogP contribution in [0.25, 0.3) is 10.2 Å². The Morgan fingerprint density at radius 1 is 1.17 bits per heavy atom. The van der Waals surface area contributed by atoms with Crippen molar-refractivity contribution in [2.75, 3.05) is 0 Å². The summed E-state index contributed by atoms with van der Waals surface area (Å²) in [7, 11) is 0. The Kier molecular flexibility index (Phi) is 4.76. The number of benzene rings is 2. The zero-order valence-electron chi connectivity index (χ0n) is 16.7. The van der Waals surface area contributed by atoms with E-state index < -0.39 is 0 Å². The fraction of sp³-hybridized carbons (Fsp3) is 0.391. The Hall–Kier alpha value is -2.44. The maximum atomic E-state index is 11.3. The first-order valence-electron chi connectivity index (χ1n) is 10.2. The molecule has 2 bridgehead atoms. The van der Waals surface area contributed by atoms with Crippen LogP contribution in [0.5, 0.6) is 10.9 Å². The number of aryl methyl sites for hydroxylation is 1. The number of rotatable bonds is 5. The van der Waals surface area contributed by atoms with Crippen molar-refractivity contribution in [1.29, 1.82) is 0 Å². The summed E-state index contributed by atoms with van der Waals surface area (Å²) in [6, 6.07) is 16.1. The summed E-state index contributed by atoms with van der Waals surface area (Å²) in [5.41, 5.74) is 3.51. The highest BCUT2D eigenvalue weighted by Crippen LogP contribution is 2.39. The molecule has 150 valence electrons. The van der Waals surface area contributed by atoms with E-state index in [4.69, 9.17) is 4.74 Å². The summed E-state index contributed by atoms with van der Waals surface area (Å²) >= 11 is 1.58. The zero-order chi connectivity index (χ0) is 20.0. The van der Waals surface area contributed by atoms with E-state index in [2.05, 4.69) is 46.4 Å². The van der Waals surface area contributed by atoms with Crippen LogP contribution in [-0.4, -0.2) is 33.9 Å². The van der Waals surface area contributed by atoms with Crippen molar-refractivity contribution in [1.82, 2.24) is 15.2 Å². The van der Waals surface area contributed by atoms with E-state index in [0.717, 1.165) is 35.4 Å². The van der Waals surface area contributed by atoms with Gasteiger partial charge < -0.3 is 10.1 Å². The van der Waals surface area contributed by atoms with Crippen LogP contribution in [0.2, 0.25) is 0 Å². The van der Waals surface area contributed by atoms with Crippen molar-refractivity contribution in [2.24, 2.45) is 0 Å². The number of hydrogen-bond acceptors (Lipinski definition) is 5. The number of carbonyl (C=O) groups is 1. The van der Waals surface area contributed by atoms with E-state index in [0.29, 0.717) is 23.3 Å². The largest absolute Gasteiger partial charge is 0.431 e. The quantitative estimate of drug-likeness (QED) is 0.670. The van der Waals surface area contributed by atoms with Crippen LogP contribution in [0.1, 0.15) is 37.3 Å². The van der Waals surface area contributed by atoms with Crippen LogP contribution in [0.3, 0.4) is 0 Å². The molecule has 3 fully saturated rings. The Labute approximate surface area is 174 Å². The minimum absolute atomic E-state index is 0.0849. The highest BCUT2D eigenvalue weighted by atomic mass is 32.1. The molecular formula is C23H25N3O2S. The van der Waals surface area contributed by atoms with Crippen molar-refractivity contribution < 1.29 is 9.53 Å². The molecule has 2 aromatic carbocycles. The van der Waals surface area contributed by atoms with Gasteiger partial charge in [-0.1, -0.05) is 29.5 Å². The van der Waals surface area contributed by atoms with Crippen LogP contribution < -0.4 is 10.1 Å². The van der Waals surface area contributed by atoms with Crippen LogP contribution in [0.15, 0.2) is 42.5 Å². The maximum Gasteiger partial charge on any atom is 0.279 e. The van der Waals surface area contributed by atoms with Gasteiger partial charge in [-0.05, 0) is 61.6 Å². The molecule has 3 aliphatic rings. The monoisotopic (exact) mass is 407 g/mol. The summed E-state index contributed by atoms with van der Waals surface area (Å²) in [4.78, 5) is 18.4. The van der Waals surface area contributed by atoms with E-state index >= 15 is 0 Å². The number of piperidine rings is 1. The third kappa shape index (κ3) is 3.87. The lowest BCUT2D eigenvalue weighted by Gasteiger charge is -2.55. The van der Waals surface area contributed by atoms with Gasteiger partial charge in [0.1, 0.15) is 5.75 Å². The summed E-state index contributed by atoms with van der Waals surface area (Å²) in [5, 5.41) is 3.76. The van der Waals surface area contributed by atoms with Crippen LogP contribution >= 0.6 is 11.3 Å². The van der Waals surface area contributed by atoms with Gasteiger partial charge in [-0.3, -0.25) is 9.69 Å². The second-order valence-corrected chi connectivity index (χ2v) is 9.27. The smallest absolute Gasteiger partial charge is 0.279 e. The topological polar surface area (TPSA) is 54.5 Å². The normalized spacial score (nSPS) is 23.6. The van der Waals surface area contributed by atoms with Gasteiger partial charge in [-0.25, -0.2) is 4.98 Å². The molecule has 1 aliphatic carbocycles. The second-order valence-electron chi connectivity index (χ2n) is 8.28. The summed E-state index contributed by atoms with van der Waals surface area (Å²) in [6.07, 6.45) is 3.39. The molecular weight excluding hydrogens is 382 g/mol. The van der Waals surface area contributed by atoms with Gasteiger partial charge in [0.05, 0.1) is 10.2 Å². The number of carbonyl (C=O) groups excluding carboxylic acids is 1. The number of hydrogen-bond donors (Lipinski definition) is 1. The molecule has 2 saturated heterocycles. The van der Waals surface area contributed by atoms with Crippen molar-refractivity contribution in [2.45, 2.75) is 57.8 Å². The summed E-state index contributed by atoms with van der Waals surface area (Å²) in [5.74, 6) is 0.903. The van der Waals surface area contributed by atoms with Crippen LogP contribution in [-0.2, 0) is 11.3 Å². The first-order valence-corrected chi connectivity index (χ1v) is 11.0. The third-order valence-electron chi connectivity index (χ3n) is 6.02.